The second kappa shape index (κ2) is 10.2. The molecule has 7 heteroatoms. The van der Waals surface area contributed by atoms with Crippen LogP contribution in [-0.4, -0.2) is 46.1 Å². The van der Waals surface area contributed by atoms with E-state index in [1.54, 1.807) is 32.4 Å². The van der Waals surface area contributed by atoms with Gasteiger partial charge in [0.15, 0.2) is 5.65 Å². The highest BCUT2D eigenvalue weighted by molar-refractivity contribution is 5.97. The number of hydrogen-bond donors (Lipinski definition) is 0. The van der Waals surface area contributed by atoms with Crippen molar-refractivity contribution in [3.8, 4) is 11.5 Å². The Morgan fingerprint density at radius 2 is 1.97 bits per heavy atom. The molecule has 1 aromatic carbocycles. The van der Waals surface area contributed by atoms with E-state index in [-0.39, 0.29) is 5.91 Å². The van der Waals surface area contributed by atoms with Crippen LogP contribution in [0.4, 0.5) is 0 Å². The average Bonchev–Trinajstić information content (AvgIpc) is 3.47. The molecule has 2 heterocycles. The van der Waals surface area contributed by atoms with Crippen molar-refractivity contribution >= 4 is 17.1 Å². The number of hydrogen-bond acceptors (Lipinski definition) is 5. The molecule has 0 bridgehead atoms. The van der Waals surface area contributed by atoms with Crippen molar-refractivity contribution in [3.05, 3.63) is 47.9 Å². The standard InChI is InChI=1S/C26H34N4O3/c1-18(2)13-15-29(26(31)21-12-11-20(32-3)16-23(21)33-4)17-24-28-22-10-7-14-27-25(22)30(24)19-8-5-6-9-19/h7,10-12,14,16,18-19H,5-6,8-9,13,15,17H2,1-4H3. The second-order valence-corrected chi connectivity index (χ2v) is 9.16. The first kappa shape index (κ1) is 23.1. The number of imidazole rings is 1. The highest BCUT2D eigenvalue weighted by atomic mass is 16.5. The molecule has 1 saturated carbocycles. The van der Waals surface area contributed by atoms with Gasteiger partial charge in [-0.3, -0.25) is 4.79 Å². The van der Waals surface area contributed by atoms with E-state index in [0.29, 0.717) is 42.1 Å². The molecule has 0 unspecified atom stereocenters. The van der Waals surface area contributed by atoms with Gasteiger partial charge in [0.05, 0.1) is 26.3 Å². The Bertz CT molecular complexity index is 1100. The van der Waals surface area contributed by atoms with Gasteiger partial charge >= 0.3 is 0 Å². The maximum absolute atomic E-state index is 13.7. The minimum absolute atomic E-state index is 0.0619. The molecule has 0 spiro atoms. The van der Waals surface area contributed by atoms with Crippen LogP contribution in [0.15, 0.2) is 36.5 Å². The number of nitrogens with zero attached hydrogens (tertiary/aromatic N) is 4. The molecule has 0 aliphatic heterocycles. The summed E-state index contributed by atoms with van der Waals surface area (Å²) in [6, 6.07) is 9.65. The van der Waals surface area contributed by atoms with Crippen molar-refractivity contribution in [2.45, 2.75) is 58.5 Å². The number of carbonyl (C=O) groups is 1. The van der Waals surface area contributed by atoms with Crippen LogP contribution in [0.3, 0.4) is 0 Å². The zero-order valence-corrected chi connectivity index (χ0v) is 20.1. The zero-order chi connectivity index (χ0) is 23.4. The van der Waals surface area contributed by atoms with Gasteiger partial charge in [-0.25, -0.2) is 9.97 Å². The molecule has 1 aliphatic rings. The highest BCUT2D eigenvalue weighted by Gasteiger charge is 2.27. The van der Waals surface area contributed by atoms with Gasteiger partial charge in [0.1, 0.15) is 22.8 Å². The van der Waals surface area contributed by atoms with Crippen molar-refractivity contribution in [1.82, 2.24) is 19.4 Å². The third-order valence-corrected chi connectivity index (χ3v) is 6.45. The van der Waals surface area contributed by atoms with Gasteiger partial charge in [-0.1, -0.05) is 26.7 Å². The summed E-state index contributed by atoms with van der Waals surface area (Å²) in [5.74, 6) is 2.49. The van der Waals surface area contributed by atoms with Crippen molar-refractivity contribution < 1.29 is 14.3 Å². The fourth-order valence-electron chi connectivity index (χ4n) is 4.62. The van der Waals surface area contributed by atoms with Crippen molar-refractivity contribution in [3.63, 3.8) is 0 Å². The van der Waals surface area contributed by atoms with Gasteiger partial charge in [0.25, 0.3) is 5.91 Å². The minimum Gasteiger partial charge on any atom is -0.497 e. The smallest absolute Gasteiger partial charge is 0.258 e. The molecule has 7 nitrogen and oxygen atoms in total. The van der Waals surface area contributed by atoms with E-state index in [9.17, 15) is 4.79 Å². The third-order valence-electron chi connectivity index (χ3n) is 6.45. The van der Waals surface area contributed by atoms with Crippen molar-refractivity contribution in [1.29, 1.82) is 0 Å². The molecule has 1 aliphatic carbocycles. The van der Waals surface area contributed by atoms with Crippen LogP contribution in [0.2, 0.25) is 0 Å². The van der Waals surface area contributed by atoms with Gasteiger partial charge in [0.2, 0.25) is 0 Å². The Hall–Kier alpha value is -3.09. The van der Waals surface area contributed by atoms with Crippen LogP contribution in [0, 0.1) is 5.92 Å². The molecular formula is C26H34N4O3. The summed E-state index contributed by atoms with van der Waals surface area (Å²) in [4.78, 5) is 25.2. The number of pyridine rings is 1. The first-order valence-electron chi connectivity index (χ1n) is 11.8. The molecule has 33 heavy (non-hydrogen) atoms. The van der Waals surface area contributed by atoms with Crippen LogP contribution in [0.5, 0.6) is 11.5 Å². The van der Waals surface area contributed by atoms with Gasteiger partial charge in [-0.15, -0.1) is 0 Å². The van der Waals surface area contributed by atoms with E-state index in [1.165, 1.54) is 12.8 Å². The fourth-order valence-corrected chi connectivity index (χ4v) is 4.62. The quantitative estimate of drug-likeness (QED) is 0.445. The number of ether oxygens (including phenoxy) is 2. The lowest BCUT2D eigenvalue weighted by Crippen LogP contribution is -2.34. The van der Waals surface area contributed by atoms with Crippen LogP contribution < -0.4 is 9.47 Å². The van der Waals surface area contributed by atoms with E-state index in [1.807, 2.05) is 23.2 Å². The topological polar surface area (TPSA) is 69.5 Å². The number of fused-ring (bicyclic) bond motifs is 1. The maximum atomic E-state index is 13.7. The molecule has 1 amide bonds. The molecule has 3 aromatic rings. The largest absolute Gasteiger partial charge is 0.497 e. The number of carbonyl (C=O) groups excluding carboxylic acids is 1. The first-order valence-corrected chi connectivity index (χ1v) is 11.8. The minimum atomic E-state index is -0.0619. The Labute approximate surface area is 195 Å². The lowest BCUT2D eigenvalue weighted by atomic mass is 10.1. The SMILES string of the molecule is COc1ccc(C(=O)N(CCC(C)C)Cc2nc3cccnc3n2C2CCCC2)c(OC)c1. The first-order chi connectivity index (χ1) is 16.0. The summed E-state index contributed by atoms with van der Waals surface area (Å²) >= 11 is 0. The lowest BCUT2D eigenvalue weighted by Gasteiger charge is -2.26. The lowest BCUT2D eigenvalue weighted by molar-refractivity contribution is 0.0725. The summed E-state index contributed by atoms with van der Waals surface area (Å²) in [5.41, 5.74) is 2.33. The second-order valence-electron chi connectivity index (χ2n) is 9.16. The van der Waals surface area contributed by atoms with E-state index in [2.05, 4.69) is 23.4 Å². The maximum Gasteiger partial charge on any atom is 0.258 e. The Morgan fingerprint density at radius 1 is 1.18 bits per heavy atom. The van der Waals surface area contributed by atoms with Crippen LogP contribution in [0.1, 0.15) is 68.2 Å². The molecule has 0 saturated heterocycles. The normalized spacial score (nSPS) is 14.2. The number of amides is 1. The monoisotopic (exact) mass is 450 g/mol. The van der Waals surface area contributed by atoms with Gasteiger partial charge < -0.3 is 18.9 Å². The summed E-state index contributed by atoms with van der Waals surface area (Å²) in [5, 5.41) is 0. The molecular weight excluding hydrogens is 416 g/mol. The number of benzene rings is 1. The van der Waals surface area contributed by atoms with Gasteiger partial charge in [0, 0.05) is 24.8 Å². The number of rotatable bonds is 9. The molecule has 1 fully saturated rings. The molecule has 0 N–H and O–H groups in total. The average molecular weight is 451 g/mol. The van der Waals surface area contributed by atoms with E-state index < -0.39 is 0 Å². The Kier molecular flexibility index (Phi) is 7.16. The molecule has 0 atom stereocenters. The molecule has 2 aromatic heterocycles. The van der Waals surface area contributed by atoms with Crippen LogP contribution in [0.25, 0.3) is 11.2 Å². The number of methoxy groups -OCH3 is 2. The van der Waals surface area contributed by atoms with Crippen molar-refractivity contribution in [2.24, 2.45) is 5.92 Å². The highest BCUT2D eigenvalue weighted by Crippen LogP contribution is 2.34. The van der Waals surface area contributed by atoms with E-state index in [0.717, 1.165) is 36.3 Å². The number of aromatic nitrogens is 3. The zero-order valence-electron chi connectivity index (χ0n) is 20.1. The van der Waals surface area contributed by atoms with Gasteiger partial charge in [-0.05, 0) is 49.4 Å². The summed E-state index contributed by atoms with van der Waals surface area (Å²) < 4.78 is 13.1. The van der Waals surface area contributed by atoms with Gasteiger partial charge in [-0.2, -0.15) is 0 Å². The third kappa shape index (κ3) is 4.97. The molecule has 0 radical (unpaired) electrons. The summed E-state index contributed by atoms with van der Waals surface area (Å²) in [7, 11) is 3.18. The summed E-state index contributed by atoms with van der Waals surface area (Å²) in [6.45, 7) is 5.43. The van der Waals surface area contributed by atoms with E-state index in [4.69, 9.17) is 14.5 Å². The fraction of sp³-hybridized carbons (Fsp3) is 0.500. The summed E-state index contributed by atoms with van der Waals surface area (Å²) in [6.07, 6.45) is 7.42. The predicted molar refractivity (Wildman–Crippen MR) is 129 cm³/mol. The Morgan fingerprint density at radius 3 is 2.67 bits per heavy atom. The predicted octanol–water partition coefficient (Wildman–Crippen LogP) is 5.25. The molecule has 4 rings (SSSR count). The molecule has 176 valence electrons. The van der Waals surface area contributed by atoms with Crippen LogP contribution in [-0.2, 0) is 6.54 Å². The Balaban J connectivity index is 1.71. The van der Waals surface area contributed by atoms with E-state index >= 15 is 0 Å². The van der Waals surface area contributed by atoms with Crippen molar-refractivity contribution in [2.75, 3.05) is 20.8 Å². The van der Waals surface area contributed by atoms with Crippen LogP contribution >= 0.6 is 0 Å².